The van der Waals surface area contributed by atoms with E-state index < -0.39 is 0 Å². The lowest BCUT2D eigenvalue weighted by molar-refractivity contribution is 0.0845. The number of ether oxygens (including phenoxy) is 1. The number of rotatable bonds is 4. The predicted octanol–water partition coefficient (Wildman–Crippen LogP) is 2.83. The van der Waals surface area contributed by atoms with E-state index in [-0.39, 0.29) is 24.2 Å². The van der Waals surface area contributed by atoms with Gasteiger partial charge in [0, 0.05) is 31.7 Å². The number of halogens is 1. The molecule has 0 spiro atoms. The maximum Gasteiger partial charge on any atom is 0.415 e. The number of Topliss-reactive ketones (excluding diaryl/α,β-unsaturated/α-hetero) is 1. The predicted molar refractivity (Wildman–Crippen MR) is 91.2 cm³/mol. The summed E-state index contributed by atoms with van der Waals surface area (Å²) < 4.78 is 18.2. The van der Waals surface area contributed by atoms with Crippen molar-refractivity contribution < 1.29 is 18.7 Å². The Balaban J connectivity index is 1.47. The van der Waals surface area contributed by atoms with Gasteiger partial charge in [-0.05, 0) is 36.4 Å². The summed E-state index contributed by atoms with van der Waals surface area (Å²) in [6.07, 6.45) is -0.379. The summed E-state index contributed by atoms with van der Waals surface area (Å²) in [6.45, 7) is 2.45. The minimum Gasteiger partial charge on any atom is -0.410 e. The van der Waals surface area contributed by atoms with Gasteiger partial charge in [-0.2, -0.15) is 0 Å². The van der Waals surface area contributed by atoms with Crippen molar-refractivity contribution in [2.24, 2.45) is 0 Å². The van der Waals surface area contributed by atoms with Crippen LogP contribution in [0.1, 0.15) is 10.4 Å². The summed E-state index contributed by atoms with van der Waals surface area (Å²) in [5, 5.41) is 0. The molecule has 1 fully saturated rings. The molecule has 5 nitrogen and oxygen atoms in total. The average Bonchev–Trinajstić information content (AvgIpc) is 2.63. The fourth-order valence-electron chi connectivity index (χ4n) is 2.67. The zero-order valence-corrected chi connectivity index (χ0v) is 13.7. The van der Waals surface area contributed by atoms with E-state index in [9.17, 15) is 14.0 Å². The molecular weight excluding hydrogens is 323 g/mol. The van der Waals surface area contributed by atoms with E-state index in [2.05, 4.69) is 0 Å². The number of hydrogen-bond acceptors (Lipinski definition) is 4. The number of hydrogen-bond donors (Lipinski definition) is 0. The molecule has 130 valence electrons. The van der Waals surface area contributed by atoms with Crippen LogP contribution in [0.5, 0.6) is 5.75 Å². The van der Waals surface area contributed by atoms with Crippen molar-refractivity contribution in [1.82, 2.24) is 9.80 Å². The normalized spacial score (nSPS) is 15.0. The van der Waals surface area contributed by atoms with Crippen LogP contribution in [-0.4, -0.2) is 54.4 Å². The first-order valence-corrected chi connectivity index (χ1v) is 8.15. The third-order valence-electron chi connectivity index (χ3n) is 4.11. The van der Waals surface area contributed by atoms with Crippen molar-refractivity contribution in [3.63, 3.8) is 0 Å². The van der Waals surface area contributed by atoms with Crippen LogP contribution in [0.2, 0.25) is 0 Å². The summed E-state index contributed by atoms with van der Waals surface area (Å²) in [5.41, 5.74) is 0.493. The zero-order valence-electron chi connectivity index (χ0n) is 13.7. The Bertz CT molecular complexity index is 726. The Kier molecular flexibility index (Phi) is 5.40. The molecule has 6 heteroatoms. The van der Waals surface area contributed by atoms with Crippen molar-refractivity contribution in [2.75, 3.05) is 32.7 Å². The molecule has 0 radical (unpaired) electrons. The SMILES string of the molecule is O=C(CN1CCN(C(=O)Oc2ccccc2)CC1)c1ccc(F)cc1. The summed E-state index contributed by atoms with van der Waals surface area (Å²) in [5.74, 6) is 0.101. The largest absolute Gasteiger partial charge is 0.415 e. The van der Waals surface area contributed by atoms with E-state index in [0.717, 1.165) is 0 Å². The smallest absolute Gasteiger partial charge is 0.410 e. The van der Waals surface area contributed by atoms with Gasteiger partial charge in [0.25, 0.3) is 0 Å². The molecule has 25 heavy (non-hydrogen) atoms. The van der Waals surface area contributed by atoms with E-state index in [0.29, 0.717) is 37.5 Å². The summed E-state index contributed by atoms with van der Waals surface area (Å²) in [4.78, 5) is 28.0. The van der Waals surface area contributed by atoms with Gasteiger partial charge in [-0.15, -0.1) is 0 Å². The molecule has 1 aliphatic heterocycles. The Hall–Kier alpha value is -2.73. The van der Waals surface area contributed by atoms with E-state index in [1.165, 1.54) is 24.3 Å². The molecule has 0 N–H and O–H groups in total. The molecule has 1 aliphatic rings. The Morgan fingerprint density at radius 2 is 1.56 bits per heavy atom. The minimum atomic E-state index is -0.379. The van der Waals surface area contributed by atoms with Gasteiger partial charge in [0.05, 0.1) is 6.54 Å². The first-order chi connectivity index (χ1) is 12.1. The van der Waals surface area contributed by atoms with E-state index >= 15 is 0 Å². The molecule has 2 aromatic rings. The van der Waals surface area contributed by atoms with Crippen LogP contribution in [0.15, 0.2) is 54.6 Å². The molecule has 2 aromatic carbocycles. The first-order valence-electron chi connectivity index (χ1n) is 8.15. The third-order valence-corrected chi connectivity index (χ3v) is 4.11. The molecule has 1 heterocycles. The summed E-state index contributed by atoms with van der Waals surface area (Å²) in [7, 11) is 0. The summed E-state index contributed by atoms with van der Waals surface area (Å²) in [6, 6.07) is 14.5. The van der Waals surface area contributed by atoms with Crippen LogP contribution in [-0.2, 0) is 0 Å². The summed E-state index contributed by atoms with van der Waals surface area (Å²) >= 11 is 0. The number of ketones is 1. The Morgan fingerprint density at radius 3 is 2.20 bits per heavy atom. The van der Waals surface area contributed by atoms with Crippen LogP contribution in [0.4, 0.5) is 9.18 Å². The number of piperazine rings is 1. The third kappa shape index (κ3) is 4.64. The molecule has 0 aromatic heterocycles. The standard InChI is InChI=1S/C19H19FN2O3/c20-16-8-6-15(7-9-16)18(23)14-21-10-12-22(13-11-21)19(24)25-17-4-2-1-3-5-17/h1-9H,10-14H2. The highest BCUT2D eigenvalue weighted by molar-refractivity contribution is 5.97. The highest BCUT2D eigenvalue weighted by Crippen LogP contribution is 2.12. The Morgan fingerprint density at radius 1 is 0.920 bits per heavy atom. The molecule has 0 aliphatic carbocycles. The number of benzene rings is 2. The van der Waals surface area contributed by atoms with Crippen molar-refractivity contribution in [1.29, 1.82) is 0 Å². The fraction of sp³-hybridized carbons (Fsp3) is 0.263. The van der Waals surface area contributed by atoms with Crippen molar-refractivity contribution >= 4 is 11.9 Å². The van der Waals surface area contributed by atoms with Crippen LogP contribution >= 0.6 is 0 Å². The van der Waals surface area contributed by atoms with Crippen LogP contribution in [0.25, 0.3) is 0 Å². The minimum absolute atomic E-state index is 0.0553. The van der Waals surface area contributed by atoms with Crippen molar-refractivity contribution in [2.45, 2.75) is 0 Å². The molecule has 1 saturated heterocycles. The lowest BCUT2D eigenvalue weighted by atomic mass is 10.1. The van der Waals surface area contributed by atoms with E-state index in [1.807, 2.05) is 23.1 Å². The topological polar surface area (TPSA) is 49.9 Å². The number of amides is 1. The first kappa shape index (κ1) is 17.1. The Labute approximate surface area is 145 Å². The quantitative estimate of drug-likeness (QED) is 0.802. The van der Waals surface area contributed by atoms with Gasteiger partial charge in [0.1, 0.15) is 11.6 Å². The van der Waals surface area contributed by atoms with Crippen molar-refractivity contribution in [3.05, 3.63) is 66.0 Å². The number of para-hydroxylation sites is 1. The maximum atomic E-state index is 12.9. The second-order valence-corrected chi connectivity index (χ2v) is 5.87. The lowest BCUT2D eigenvalue weighted by Gasteiger charge is -2.33. The molecule has 1 amide bonds. The van der Waals surface area contributed by atoms with Gasteiger partial charge >= 0.3 is 6.09 Å². The number of carbonyl (C=O) groups is 2. The van der Waals surface area contributed by atoms with Gasteiger partial charge in [-0.25, -0.2) is 9.18 Å². The molecule has 0 unspecified atom stereocenters. The van der Waals surface area contributed by atoms with E-state index in [1.54, 1.807) is 17.0 Å². The second-order valence-electron chi connectivity index (χ2n) is 5.87. The second kappa shape index (κ2) is 7.90. The van der Waals surface area contributed by atoms with Gasteiger partial charge in [0.15, 0.2) is 5.78 Å². The molecular formula is C19H19FN2O3. The van der Waals surface area contributed by atoms with Crippen LogP contribution in [0, 0.1) is 5.82 Å². The highest BCUT2D eigenvalue weighted by Gasteiger charge is 2.24. The van der Waals surface area contributed by atoms with Crippen LogP contribution < -0.4 is 4.74 Å². The molecule has 3 rings (SSSR count). The fourth-order valence-corrected chi connectivity index (χ4v) is 2.67. The zero-order chi connectivity index (χ0) is 17.6. The van der Waals surface area contributed by atoms with Gasteiger partial charge in [0.2, 0.25) is 0 Å². The monoisotopic (exact) mass is 342 g/mol. The maximum absolute atomic E-state index is 12.9. The number of carbonyl (C=O) groups excluding carboxylic acids is 2. The molecule has 0 saturated carbocycles. The van der Waals surface area contributed by atoms with Crippen LogP contribution in [0.3, 0.4) is 0 Å². The molecule has 0 bridgehead atoms. The van der Waals surface area contributed by atoms with Gasteiger partial charge in [-0.3, -0.25) is 9.69 Å². The number of nitrogens with zero attached hydrogens (tertiary/aromatic N) is 2. The van der Waals surface area contributed by atoms with Crippen molar-refractivity contribution in [3.8, 4) is 5.75 Å². The molecule has 0 atom stereocenters. The average molecular weight is 342 g/mol. The van der Waals surface area contributed by atoms with E-state index in [4.69, 9.17) is 4.74 Å². The highest BCUT2D eigenvalue weighted by atomic mass is 19.1. The lowest BCUT2D eigenvalue weighted by Crippen LogP contribution is -2.50. The van der Waals surface area contributed by atoms with Gasteiger partial charge in [-0.1, -0.05) is 18.2 Å². The van der Waals surface area contributed by atoms with Gasteiger partial charge < -0.3 is 9.64 Å².